The molecule has 0 fully saturated rings. The Hall–Kier alpha value is -2.42. The molecule has 0 saturated heterocycles. The van der Waals surface area contributed by atoms with Crippen molar-refractivity contribution in [2.45, 2.75) is 0 Å². The zero-order chi connectivity index (χ0) is 13.2. The van der Waals surface area contributed by atoms with Crippen LogP contribution in [0.15, 0.2) is 54.6 Å². The van der Waals surface area contributed by atoms with Gasteiger partial charge in [-0.2, -0.15) is 0 Å². The van der Waals surface area contributed by atoms with Crippen LogP contribution in [0.2, 0.25) is 0 Å². The SMILES string of the molecule is COc1cccc2ccc(-c3ccc(F)cc3)nc12. The van der Waals surface area contributed by atoms with E-state index in [1.54, 1.807) is 19.2 Å². The van der Waals surface area contributed by atoms with E-state index >= 15 is 0 Å². The number of aromatic nitrogens is 1. The second-order valence-corrected chi connectivity index (χ2v) is 4.24. The Morgan fingerprint density at radius 1 is 0.947 bits per heavy atom. The molecule has 0 spiro atoms. The summed E-state index contributed by atoms with van der Waals surface area (Å²) in [7, 11) is 1.63. The molecule has 0 amide bonds. The number of ether oxygens (including phenoxy) is 1. The van der Waals surface area contributed by atoms with E-state index in [-0.39, 0.29) is 5.82 Å². The van der Waals surface area contributed by atoms with Gasteiger partial charge in [0.05, 0.1) is 12.8 Å². The monoisotopic (exact) mass is 253 g/mol. The number of para-hydroxylation sites is 1. The number of nitrogens with zero attached hydrogens (tertiary/aromatic N) is 1. The van der Waals surface area contributed by atoms with Crippen LogP contribution >= 0.6 is 0 Å². The minimum atomic E-state index is -0.248. The topological polar surface area (TPSA) is 22.1 Å². The highest BCUT2D eigenvalue weighted by molar-refractivity contribution is 5.86. The van der Waals surface area contributed by atoms with Crippen molar-refractivity contribution in [2.75, 3.05) is 7.11 Å². The Kier molecular flexibility index (Phi) is 2.88. The predicted octanol–water partition coefficient (Wildman–Crippen LogP) is 4.05. The van der Waals surface area contributed by atoms with Gasteiger partial charge in [-0.05, 0) is 36.4 Å². The van der Waals surface area contributed by atoms with E-state index in [4.69, 9.17) is 4.74 Å². The highest BCUT2D eigenvalue weighted by Gasteiger charge is 2.05. The zero-order valence-electron chi connectivity index (χ0n) is 10.4. The van der Waals surface area contributed by atoms with E-state index < -0.39 is 0 Å². The molecule has 0 unspecified atom stereocenters. The molecular weight excluding hydrogens is 241 g/mol. The summed E-state index contributed by atoms with van der Waals surface area (Å²) >= 11 is 0. The fourth-order valence-electron chi connectivity index (χ4n) is 2.07. The van der Waals surface area contributed by atoms with Crippen molar-refractivity contribution in [3.63, 3.8) is 0 Å². The quantitative estimate of drug-likeness (QED) is 0.687. The van der Waals surface area contributed by atoms with Gasteiger partial charge in [-0.15, -0.1) is 0 Å². The summed E-state index contributed by atoms with van der Waals surface area (Å²) in [6, 6.07) is 16.0. The van der Waals surface area contributed by atoms with E-state index in [0.29, 0.717) is 0 Å². The predicted molar refractivity (Wildman–Crippen MR) is 73.7 cm³/mol. The first-order valence-corrected chi connectivity index (χ1v) is 5.97. The molecule has 0 aliphatic rings. The number of hydrogen-bond donors (Lipinski definition) is 0. The smallest absolute Gasteiger partial charge is 0.145 e. The number of benzene rings is 2. The number of hydrogen-bond acceptors (Lipinski definition) is 2. The van der Waals surface area contributed by atoms with Crippen LogP contribution in [0.1, 0.15) is 0 Å². The van der Waals surface area contributed by atoms with Crippen molar-refractivity contribution in [1.82, 2.24) is 4.98 Å². The molecular formula is C16H12FNO. The van der Waals surface area contributed by atoms with Crippen molar-refractivity contribution in [2.24, 2.45) is 0 Å². The lowest BCUT2D eigenvalue weighted by Crippen LogP contribution is -1.90. The van der Waals surface area contributed by atoms with Crippen LogP contribution in [-0.2, 0) is 0 Å². The zero-order valence-corrected chi connectivity index (χ0v) is 10.4. The molecule has 3 heteroatoms. The molecule has 2 aromatic carbocycles. The van der Waals surface area contributed by atoms with E-state index in [1.165, 1.54) is 12.1 Å². The molecule has 0 N–H and O–H groups in total. The second-order valence-electron chi connectivity index (χ2n) is 4.24. The van der Waals surface area contributed by atoms with Gasteiger partial charge in [0.2, 0.25) is 0 Å². The van der Waals surface area contributed by atoms with E-state index in [1.807, 2.05) is 30.3 Å². The number of fused-ring (bicyclic) bond motifs is 1. The van der Waals surface area contributed by atoms with Crippen LogP contribution in [0, 0.1) is 5.82 Å². The molecule has 0 atom stereocenters. The van der Waals surface area contributed by atoms with Gasteiger partial charge in [-0.25, -0.2) is 9.37 Å². The fourth-order valence-corrected chi connectivity index (χ4v) is 2.07. The summed E-state index contributed by atoms with van der Waals surface area (Å²) < 4.78 is 18.2. The number of rotatable bonds is 2. The average molecular weight is 253 g/mol. The maximum atomic E-state index is 12.9. The van der Waals surface area contributed by atoms with Gasteiger partial charge < -0.3 is 4.74 Å². The maximum absolute atomic E-state index is 12.9. The third-order valence-electron chi connectivity index (χ3n) is 3.04. The normalized spacial score (nSPS) is 10.6. The third kappa shape index (κ3) is 2.15. The van der Waals surface area contributed by atoms with Crippen molar-refractivity contribution in [3.05, 3.63) is 60.4 Å². The average Bonchev–Trinajstić information content (AvgIpc) is 2.47. The van der Waals surface area contributed by atoms with Gasteiger partial charge in [0.1, 0.15) is 17.1 Å². The summed E-state index contributed by atoms with van der Waals surface area (Å²) in [6.07, 6.45) is 0. The second kappa shape index (κ2) is 4.69. The first-order valence-electron chi connectivity index (χ1n) is 5.97. The van der Waals surface area contributed by atoms with E-state index in [0.717, 1.165) is 27.9 Å². The highest BCUT2D eigenvalue weighted by Crippen LogP contribution is 2.27. The molecule has 1 heterocycles. The Morgan fingerprint density at radius 2 is 1.74 bits per heavy atom. The summed E-state index contributed by atoms with van der Waals surface area (Å²) in [5, 5.41) is 1.02. The largest absolute Gasteiger partial charge is 0.494 e. The lowest BCUT2D eigenvalue weighted by molar-refractivity contribution is 0.419. The molecule has 19 heavy (non-hydrogen) atoms. The summed E-state index contributed by atoms with van der Waals surface area (Å²) in [4.78, 5) is 4.60. The number of halogens is 1. The molecule has 0 aliphatic heterocycles. The Morgan fingerprint density at radius 3 is 2.47 bits per heavy atom. The maximum Gasteiger partial charge on any atom is 0.145 e. The Bertz CT molecular complexity index is 722. The van der Waals surface area contributed by atoms with Crippen LogP contribution in [0.5, 0.6) is 5.75 Å². The molecule has 0 radical (unpaired) electrons. The fraction of sp³-hybridized carbons (Fsp3) is 0.0625. The first-order chi connectivity index (χ1) is 9.28. The lowest BCUT2D eigenvalue weighted by atomic mass is 10.1. The van der Waals surface area contributed by atoms with Gasteiger partial charge >= 0.3 is 0 Å². The third-order valence-corrected chi connectivity index (χ3v) is 3.04. The minimum Gasteiger partial charge on any atom is -0.494 e. The Balaban J connectivity index is 2.18. The molecule has 3 aromatic rings. The molecule has 0 aliphatic carbocycles. The summed E-state index contributed by atoms with van der Waals surface area (Å²) in [5.41, 5.74) is 2.50. The molecule has 0 saturated carbocycles. The highest BCUT2D eigenvalue weighted by atomic mass is 19.1. The van der Waals surface area contributed by atoms with Crippen LogP contribution < -0.4 is 4.74 Å². The van der Waals surface area contributed by atoms with Crippen molar-refractivity contribution >= 4 is 10.9 Å². The minimum absolute atomic E-state index is 0.248. The van der Waals surface area contributed by atoms with Gasteiger partial charge in [0, 0.05) is 10.9 Å². The molecule has 0 bridgehead atoms. The first kappa shape index (κ1) is 11.7. The van der Waals surface area contributed by atoms with Crippen LogP contribution in [0.4, 0.5) is 4.39 Å². The summed E-state index contributed by atoms with van der Waals surface area (Å²) in [6.45, 7) is 0. The lowest BCUT2D eigenvalue weighted by Gasteiger charge is -2.07. The van der Waals surface area contributed by atoms with Crippen molar-refractivity contribution < 1.29 is 9.13 Å². The van der Waals surface area contributed by atoms with Crippen LogP contribution in [-0.4, -0.2) is 12.1 Å². The number of methoxy groups -OCH3 is 1. The van der Waals surface area contributed by atoms with Gasteiger partial charge in [-0.1, -0.05) is 18.2 Å². The molecule has 1 aromatic heterocycles. The number of pyridine rings is 1. The molecule has 94 valence electrons. The Labute approximate surface area is 110 Å². The van der Waals surface area contributed by atoms with Gasteiger partial charge in [0.15, 0.2) is 0 Å². The standard InChI is InChI=1S/C16H12FNO/c1-19-15-4-2-3-12-7-10-14(18-16(12)15)11-5-8-13(17)9-6-11/h2-10H,1H3. The summed E-state index contributed by atoms with van der Waals surface area (Å²) in [5.74, 6) is 0.489. The molecule has 2 nitrogen and oxygen atoms in total. The van der Waals surface area contributed by atoms with E-state index in [2.05, 4.69) is 4.98 Å². The van der Waals surface area contributed by atoms with E-state index in [9.17, 15) is 4.39 Å². The van der Waals surface area contributed by atoms with Crippen LogP contribution in [0.25, 0.3) is 22.2 Å². The van der Waals surface area contributed by atoms with Gasteiger partial charge in [-0.3, -0.25) is 0 Å². The molecule has 3 rings (SSSR count). The van der Waals surface area contributed by atoms with Crippen molar-refractivity contribution in [1.29, 1.82) is 0 Å². The van der Waals surface area contributed by atoms with Crippen LogP contribution in [0.3, 0.4) is 0 Å². The van der Waals surface area contributed by atoms with Crippen molar-refractivity contribution in [3.8, 4) is 17.0 Å². The van der Waals surface area contributed by atoms with Gasteiger partial charge in [0.25, 0.3) is 0 Å².